The lowest BCUT2D eigenvalue weighted by Crippen LogP contribution is -2.59. The highest BCUT2D eigenvalue weighted by atomic mass is 16.5. The molecule has 1 aliphatic rings. The van der Waals surface area contributed by atoms with Gasteiger partial charge in [-0.15, -0.1) is 0 Å². The molecule has 0 radical (unpaired) electrons. The first-order chi connectivity index (χ1) is 5.26. The minimum absolute atomic E-state index is 0.0418. The lowest BCUT2D eigenvalue weighted by molar-refractivity contribution is -0.0663. The van der Waals surface area contributed by atoms with Gasteiger partial charge in [-0.3, -0.25) is 0 Å². The van der Waals surface area contributed by atoms with E-state index < -0.39 is 0 Å². The highest BCUT2D eigenvalue weighted by Gasteiger charge is 2.42. The van der Waals surface area contributed by atoms with Crippen molar-refractivity contribution in [3.05, 3.63) is 0 Å². The zero-order chi connectivity index (χ0) is 8.32. The topological polar surface area (TPSA) is 41.5 Å². The van der Waals surface area contributed by atoms with E-state index >= 15 is 0 Å². The van der Waals surface area contributed by atoms with Crippen LogP contribution in [0.2, 0.25) is 0 Å². The first-order valence-corrected chi connectivity index (χ1v) is 4.17. The summed E-state index contributed by atoms with van der Waals surface area (Å²) in [5, 5.41) is 12.1. The molecule has 0 atom stereocenters. The van der Waals surface area contributed by atoms with Crippen LogP contribution in [0, 0.1) is 0 Å². The molecule has 0 aromatic rings. The second-order valence-corrected chi connectivity index (χ2v) is 3.17. The summed E-state index contributed by atoms with van der Waals surface area (Å²) in [5.74, 6) is 0. The van der Waals surface area contributed by atoms with Gasteiger partial charge in [0.05, 0.1) is 12.7 Å². The third-order valence-corrected chi connectivity index (χ3v) is 2.47. The maximum absolute atomic E-state index is 9.00. The molecule has 0 heterocycles. The van der Waals surface area contributed by atoms with E-state index in [1.807, 2.05) is 14.0 Å². The van der Waals surface area contributed by atoms with Crippen molar-refractivity contribution in [2.24, 2.45) is 0 Å². The number of likely N-dealkylation sites (N-methyl/N-ethyl adjacent to an activating group) is 1. The fraction of sp³-hybridized carbons (Fsp3) is 1.00. The lowest BCUT2D eigenvalue weighted by Gasteiger charge is -2.46. The summed E-state index contributed by atoms with van der Waals surface area (Å²) < 4.78 is 5.39. The van der Waals surface area contributed by atoms with E-state index in [0.29, 0.717) is 6.10 Å². The summed E-state index contributed by atoms with van der Waals surface area (Å²) in [7, 11) is 1.89. The van der Waals surface area contributed by atoms with Crippen LogP contribution in [0.3, 0.4) is 0 Å². The summed E-state index contributed by atoms with van der Waals surface area (Å²) in [6.45, 7) is 2.99. The smallest absolute Gasteiger partial charge is 0.0615 e. The predicted molar refractivity (Wildman–Crippen MR) is 43.5 cm³/mol. The molecule has 0 aromatic carbocycles. The average Bonchev–Trinajstić information content (AvgIpc) is 1.96. The molecule has 1 aliphatic carbocycles. The van der Waals surface area contributed by atoms with Gasteiger partial charge < -0.3 is 15.2 Å². The first-order valence-electron chi connectivity index (χ1n) is 4.17. The fourth-order valence-electron chi connectivity index (χ4n) is 1.58. The monoisotopic (exact) mass is 159 g/mol. The van der Waals surface area contributed by atoms with Gasteiger partial charge in [0, 0.05) is 12.1 Å². The van der Waals surface area contributed by atoms with E-state index in [9.17, 15) is 0 Å². The van der Waals surface area contributed by atoms with Crippen LogP contribution in [0.4, 0.5) is 0 Å². The highest BCUT2D eigenvalue weighted by Crippen LogP contribution is 2.33. The lowest BCUT2D eigenvalue weighted by atomic mass is 9.75. The average molecular weight is 159 g/mol. The molecule has 1 rings (SSSR count). The normalized spacial score (nSPS) is 36.8. The molecule has 0 aliphatic heterocycles. The molecular weight excluding hydrogens is 142 g/mol. The predicted octanol–water partition coefficient (Wildman–Crippen LogP) is 0.136. The number of aliphatic hydroxyl groups excluding tert-OH is 1. The maximum atomic E-state index is 9.00. The van der Waals surface area contributed by atoms with Gasteiger partial charge in [-0.2, -0.15) is 0 Å². The maximum Gasteiger partial charge on any atom is 0.0615 e. The van der Waals surface area contributed by atoms with Crippen molar-refractivity contribution in [2.75, 3.05) is 20.3 Å². The molecule has 0 bridgehead atoms. The number of hydrogen-bond acceptors (Lipinski definition) is 3. The molecular formula is C8H17NO2. The molecule has 3 heteroatoms. The van der Waals surface area contributed by atoms with Gasteiger partial charge in [-0.25, -0.2) is 0 Å². The van der Waals surface area contributed by atoms with E-state index in [-0.39, 0.29) is 12.1 Å². The van der Waals surface area contributed by atoms with Crippen molar-refractivity contribution in [1.82, 2.24) is 5.32 Å². The molecule has 3 nitrogen and oxygen atoms in total. The van der Waals surface area contributed by atoms with Crippen molar-refractivity contribution in [3.8, 4) is 0 Å². The van der Waals surface area contributed by atoms with Crippen LogP contribution in [0.5, 0.6) is 0 Å². The Morgan fingerprint density at radius 1 is 1.64 bits per heavy atom. The Labute approximate surface area is 67.7 Å². The van der Waals surface area contributed by atoms with E-state index in [1.165, 1.54) is 0 Å². The summed E-state index contributed by atoms with van der Waals surface area (Å²) in [5.41, 5.74) is -0.0418. The van der Waals surface area contributed by atoms with E-state index in [2.05, 4.69) is 5.32 Å². The third kappa shape index (κ3) is 1.72. The quantitative estimate of drug-likeness (QED) is 0.613. The Bertz CT molecular complexity index is 115. The summed E-state index contributed by atoms with van der Waals surface area (Å²) in [6.07, 6.45) is 2.24. The minimum Gasteiger partial charge on any atom is -0.394 e. The van der Waals surface area contributed by atoms with E-state index in [4.69, 9.17) is 9.84 Å². The molecule has 1 fully saturated rings. The Kier molecular flexibility index (Phi) is 2.87. The zero-order valence-corrected chi connectivity index (χ0v) is 7.26. The first kappa shape index (κ1) is 8.97. The Morgan fingerprint density at radius 2 is 2.27 bits per heavy atom. The molecule has 66 valence electrons. The number of ether oxygens (including phenoxy) is 1. The van der Waals surface area contributed by atoms with Gasteiger partial charge >= 0.3 is 0 Å². The van der Waals surface area contributed by atoms with Gasteiger partial charge in [-0.05, 0) is 26.8 Å². The SMILES string of the molecule is CCOC1CC(CO)(NC)C1. The molecule has 0 spiro atoms. The van der Waals surface area contributed by atoms with E-state index in [1.54, 1.807) is 0 Å². The van der Waals surface area contributed by atoms with Crippen molar-refractivity contribution >= 4 is 0 Å². The van der Waals surface area contributed by atoms with Crippen LogP contribution in [-0.2, 0) is 4.74 Å². The van der Waals surface area contributed by atoms with Crippen LogP contribution in [0.1, 0.15) is 19.8 Å². The van der Waals surface area contributed by atoms with Crippen molar-refractivity contribution in [2.45, 2.75) is 31.4 Å². The Morgan fingerprint density at radius 3 is 2.64 bits per heavy atom. The molecule has 0 unspecified atom stereocenters. The van der Waals surface area contributed by atoms with Crippen molar-refractivity contribution in [1.29, 1.82) is 0 Å². The van der Waals surface area contributed by atoms with Gasteiger partial charge in [0.1, 0.15) is 0 Å². The summed E-state index contributed by atoms with van der Waals surface area (Å²) in [4.78, 5) is 0. The van der Waals surface area contributed by atoms with Crippen LogP contribution >= 0.6 is 0 Å². The Hall–Kier alpha value is -0.120. The van der Waals surface area contributed by atoms with Gasteiger partial charge in [-0.1, -0.05) is 0 Å². The van der Waals surface area contributed by atoms with Gasteiger partial charge in [0.2, 0.25) is 0 Å². The van der Waals surface area contributed by atoms with Gasteiger partial charge in [0.15, 0.2) is 0 Å². The highest BCUT2D eigenvalue weighted by molar-refractivity contribution is 5.00. The van der Waals surface area contributed by atoms with E-state index in [0.717, 1.165) is 19.4 Å². The molecule has 1 saturated carbocycles. The number of hydrogen-bond donors (Lipinski definition) is 2. The second-order valence-electron chi connectivity index (χ2n) is 3.17. The van der Waals surface area contributed by atoms with Crippen LogP contribution in [0.15, 0.2) is 0 Å². The summed E-state index contributed by atoms with van der Waals surface area (Å²) >= 11 is 0. The van der Waals surface area contributed by atoms with Crippen molar-refractivity contribution in [3.63, 3.8) is 0 Å². The molecule has 0 aromatic heterocycles. The molecule has 0 saturated heterocycles. The largest absolute Gasteiger partial charge is 0.394 e. The van der Waals surface area contributed by atoms with Crippen LogP contribution in [-0.4, -0.2) is 37.0 Å². The third-order valence-electron chi connectivity index (χ3n) is 2.47. The molecule has 2 N–H and O–H groups in total. The number of nitrogens with one attached hydrogen (secondary N) is 1. The van der Waals surface area contributed by atoms with Crippen LogP contribution in [0.25, 0.3) is 0 Å². The molecule has 11 heavy (non-hydrogen) atoms. The summed E-state index contributed by atoms with van der Waals surface area (Å²) in [6, 6.07) is 0. The second kappa shape index (κ2) is 3.52. The standard InChI is InChI=1S/C8H17NO2/c1-3-11-7-4-8(5-7,6-10)9-2/h7,9-10H,3-6H2,1-2H3. The van der Waals surface area contributed by atoms with Crippen LogP contribution < -0.4 is 5.32 Å². The fourth-order valence-corrected chi connectivity index (χ4v) is 1.58. The van der Waals surface area contributed by atoms with Crippen molar-refractivity contribution < 1.29 is 9.84 Å². The zero-order valence-electron chi connectivity index (χ0n) is 7.26. The number of aliphatic hydroxyl groups is 1. The minimum atomic E-state index is -0.0418. The Balaban J connectivity index is 2.24. The number of rotatable bonds is 4. The van der Waals surface area contributed by atoms with Gasteiger partial charge in [0.25, 0.3) is 0 Å². The molecule has 0 amide bonds.